The monoisotopic (exact) mass is 287 g/mol. The van der Waals surface area contributed by atoms with E-state index in [1.54, 1.807) is 0 Å². The van der Waals surface area contributed by atoms with Gasteiger partial charge >= 0.3 is 5.97 Å². The summed E-state index contributed by atoms with van der Waals surface area (Å²) in [6, 6.07) is 3.54. The number of halogens is 2. The smallest absolute Gasteiger partial charge is 0.325 e. The second-order valence-electron chi connectivity index (χ2n) is 3.88. The van der Waals surface area contributed by atoms with E-state index in [1.165, 1.54) is 18.2 Å². The number of carbonyl (C=O) groups is 1. The Balaban J connectivity index is 2.26. The quantitative estimate of drug-likeness (QED) is 0.894. The van der Waals surface area contributed by atoms with Crippen LogP contribution in [0.3, 0.4) is 0 Å². The SMILES string of the molecule is O=C(O)C(NC1CC1)c1ccc(F)cc1Br. The second-order valence-corrected chi connectivity index (χ2v) is 4.73. The first kappa shape index (κ1) is 11.5. The van der Waals surface area contributed by atoms with Crippen LogP contribution in [0.25, 0.3) is 0 Å². The molecule has 2 rings (SSSR count). The van der Waals surface area contributed by atoms with Crippen LogP contribution in [0, 0.1) is 5.82 Å². The summed E-state index contributed by atoms with van der Waals surface area (Å²) in [5.41, 5.74) is 0.556. The van der Waals surface area contributed by atoms with E-state index in [0.29, 0.717) is 10.0 Å². The largest absolute Gasteiger partial charge is 0.480 e. The minimum atomic E-state index is -0.945. The summed E-state index contributed by atoms with van der Waals surface area (Å²) < 4.78 is 13.4. The number of nitrogens with one attached hydrogen (secondary N) is 1. The van der Waals surface area contributed by atoms with Gasteiger partial charge in [0.05, 0.1) is 0 Å². The van der Waals surface area contributed by atoms with Crippen molar-refractivity contribution in [3.8, 4) is 0 Å². The zero-order chi connectivity index (χ0) is 11.7. The van der Waals surface area contributed by atoms with Gasteiger partial charge in [-0.05, 0) is 30.5 Å². The lowest BCUT2D eigenvalue weighted by Gasteiger charge is -2.15. The molecule has 0 bridgehead atoms. The Morgan fingerprint density at radius 1 is 1.56 bits per heavy atom. The van der Waals surface area contributed by atoms with Gasteiger partial charge in [0.2, 0.25) is 0 Å². The molecule has 86 valence electrons. The van der Waals surface area contributed by atoms with Crippen LogP contribution in [0.2, 0.25) is 0 Å². The molecule has 5 heteroatoms. The predicted molar refractivity (Wildman–Crippen MR) is 60.6 cm³/mol. The van der Waals surface area contributed by atoms with Crippen LogP contribution in [0.4, 0.5) is 4.39 Å². The normalized spacial score (nSPS) is 17.1. The summed E-state index contributed by atoms with van der Waals surface area (Å²) in [6.07, 6.45) is 2.01. The maximum absolute atomic E-state index is 12.9. The molecule has 0 amide bonds. The van der Waals surface area contributed by atoms with Crippen molar-refractivity contribution in [3.63, 3.8) is 0 Å². The highest BCUT2D eigenvalue weighted by molar-refractivity contribution is 9.10. The van der Waals surface area contributed by atoms with E-state index in [4.69, 9.17) is 5.11 Å². The van der Waals surface area contributed by atoms with Crippen molar-refractivity contribution in [2.75, 3.05) is 0 Å². The van der Waals surface area contributed by atoms with E-state index < -0.39 is 12.0 Å². The molecular weight excluding hydrogens is 277 g/mol. The lowest BCUT2D eigenvalue weighted by molar-refractivity contribution is -0.139. The van der Waals surface area contributed by atoms with Crippen molar-refractivity contribution >= 4 is 21.9 Å². The van der Waals surface area contributed by atoms with Gasteiger partial charge in [-0.2, -0.15) is 0 Å². The van der Waals surface area contributed by atoms with Crippen molar-refractivity contribution in [1.29, 1.82) is 0 Å². The first-order valence-electron chi connectivity index (χ1n) is 5.01. The Kier molecular flexibility index (Phi) is 3.25. The predicted octanol–water partition coefficient (Wildman–Crippen LogP) is 2.47. The van der Waals surface area contributed by atoms with Crippen LogP contribution in [-0.2, 0) is 4.79 Å². The Bertz CT molecular complexity index is 420. The van der Waals surface area contributed by atoms with Gasteiger partial charge in [-0.25, -0.2) is 4.39 Å². The van der Waals surface area contributed by atoms with Gasteiger partial charge in [-0.1, -0.05) is 22.0 Å². The molecule has 0 aromatic heterocycles. The molecule has 0 heterocycles. The van der Waals surface area contributed by atoms with Gasteiger partial charge in [0, 0.05) is 10.5 Å². The van der Waals surface area contributed by atoms with Crippen LogP contribution in [0.1, 0.15) is 24.4 Å². The summed E-state index contributed by atoms with van der Waals surface area (Å²) in [4.78, 5) is 11.1. The van der Waals surface area contributed by atoms with E-state index in [0.717, 1.165) is 12.8 Å². The zero-order valence-electron chi connectivity index (χ0n) is 8.41. The fourth-order valence-corrected chi connectivity index (χ4v) is 2.10. The van der Waals surface area contributed by atoms with Gasteiger partial charge in [0.1, 0.15) is 11.9 Å². The molecule has 1 aromatic carbocycles. The summed E-state index contributed by atoms with van der Waals surface area (Å²) in [6.45, 7) is 0. The van der Waals surface area contributed by atoms with Gasteiger partial charge in [-0.3, -0.25) is 10.1 Å². The first-order valence-corrected chi connectivity index (χ1v) is 5.81. The summed E-state index contributed by atoms with van der Waals surface area (Å²) in [5.74, 6) is -1.33. The van der Waals surface area contributed by atoms with E-state index in [1.807, 2.05) is 0 Å². The Labute approximate surface area is 101 Å². The molecule has 1 aromatic rings. The number of carboxylic acid groups (broad SMARTS) is 1. The molecule has 1 aliphatic carbocycles. The van der Waals surface area contributed by atoms with Crippen LogP contribution in [0.15, 0.2) is 22.7 Å². The average Bonchev–Trinajstić information content (AvgIpc) is 2.98. The lowest BCUT2D eigenvalue weighted by Crippen LogP contribution is -2.30. The third-order valence-electron chi connectivity index (χ3n) is 2.50. The van der Waals surface area contributed by atoms with Gasteiger partial charge in [-0.15, -0.1) is 0 Å². The molecule has 16 heavy (non-hydrogen) atoms. The molecule has 0 spiro atoms. The molecule has 3 nitrogen and oxygen atoms in total. The summed E-state index contributed by atoms with van der Waals surface area (Å²) >= 11 is 3.18. The van der Waals surface area contributed by atoms with Crippen molar-refractivity contribution in [2.24, 2.45) is 0 Å². The zero-order valence-corrected chi connectivity index (χ0v) is 10.00. The fourth-order valence-electron chi connectivity index (χ4n) is 1.52. The maximum Gasteiger partial charge on any atom is 0.325 e. The topological polar surface area (TPSA) is 49.3 Å². The van der Waals surface area contributed by atoms with E-state index >= 15 is 0 Å². The highest BCUT2D eigenvalue weighted by atomic mass is 79.9. The summed E-state index contributed by atoms with van der Waals surface area (Å²) in [5, 5.41) is 12.1. The van der Waals surface area contributed by atoms with E-state index in [9.17, 15) is 9.18 Å². The molecular formula is C11H11BrFNO2. The third-order valence-corrected chi connectivity index (χ3v) is 3.19. The highest BCUT2D eigenvalue weighted by Crippen LogP contribution is 2.29. The minimum absolute atomic E-state index is 0.276. The number of hydrogen-bond donors (Lipinski definition) is 2. The molecule has 1 saturated carbocycles. The van der Waals surface area contributed by atoms with Crippen LogP contribution in [0.5, 0.6) is 0 Å². The molecule has 0 radical (unpaired) electrons. The summed E-state index contributed by atoms with van der Waals surface area (Å²) in [7, 11) is 0. The lowest BCUT2D eigenvalue weighted by atomic mass is 10.1. The molecule has 1 unspecified atom stereocenters. The highest BCUT2D eigenvalue weighted by Gasteiger charge is 2.30. The number of rotatable bonds is 4. The van der Waals surface area contributed by atoms with Crippen LogP contribution in [-0.4, -0.2) is 17.1 Å². The third kappa shape index (κ3) is 2.59. The standard InChI is InChI=1S/C11H11BrFNO2/c12-9-5-6(13)1-4-8(9)10(11(15)16)14-7-2-3-7/h1,4-5,7,10,14H,2-3H2,(H,15,16). The van der Waals surface area contributed by atoms with Crippen LogP contribution >= 0.6 is 15.9 Å². The first-order chi connectivity index (χ1) is 7.58. The van der Waals surface area contributed by atoms with Crippen LogP contribution < -0.4 is 5.32 Å². The fraction of sp³-hybridized carbons (Fsp3) is 0.364. The van der Waals surface area contributed by atoms with Crippen molar-refractivity contribution < 1.29 is 14.3 Å². The maximum atomic E-state index is 12.9. The molecule has 1 aliphatic rings. The number of carboxylic acids is 1. The van der Waals surface area contributed by atoms with Gasteiger partial charge in [0.25, 0.3) is 0 Å². The number of hydrogen-bond acceptors (Lipinski definition) is 2. The molecule has 1 atom stereocenters. The van der Waals surface area contributed by atoms with Gasteiger partial charge in [0.15, 0.2) is 0 Å². The molecule has 0 aliphatic heterocycles. The second kappa shape index (κ2) is 4.51. The minimum Gasteiger partial charge on any atom is -0.480 e. The van der Waals surface area contributed by atoms with Crippen molar-refractivity contribution in [1.82, 2.24) is 5.32 Å². The van der Waals surface area contributed by atoms with E-state index in [-0.39, 0.29) is 11.9 Å². The van der Waals surface area contributed by atoms with Crippen molar-refractivity contribution in [2.45, 2.75) is 24.9 Å². The number of benzene rings is 1. The number of aliphatic carboxylic acids is 1. The average molecular weight is 288 g/mol. The Morgan fingerprint density at radius 3 is 2.75 bits per heavy atom. The molecule has 2 N–H and O–H groups in total. The van der Waals surface area contributed by atoms with Crippen molar-refractivity contribution in [3.05, 3.63) is 34.1 Å². The Morgan fingerprint density at radius 2 is 2.25 bits per heavy atom. The van der Waals surface area contributed by atoms with E-state index in [2.05, 4.69) is 21.2 Å². The van der Waals surface area contributed by atoms with Gasteiger partial charge < -0.3 is 5.11 Å². The molecule has 0 saturated heterocycles. The molecule has 1 fully saturated rings. The Hall–Kier alpha value is -0.940.